The predicted octanol–water partition coefficient (Wildman–Crippen LogP) is -0.648. The summed E-state index contributed by atoms with van der Waals surface area (Å²) in [5.74, 6) is 0.316. The third-order valence-electron chi connectivity index (χ3n) is 2.34. The van der Waals surface area contributed by atoms with Crippen LogP contribution < -0.4 is 26.1 Å². The SMILES string of the molecule is COc1ccc(CC(=O)NNC(=O)CN)cc1OC. The third kappa shape index (κ3) is 4.47. The van der Waals surface area contributed by atoms with E-state index >= 15 is 0 Å². The molecule has 0 aliphatic rings. The zero-order valence-electron chi connectivity index (χ0n) is 10.9. The molecular formula is C12H17N3O4. The van der Waals surface area contributed by atoms with Gasteiger partial charge in [0, 0.05) is 0 Å². The lowest BCUT2D eigenvalue weighted by atomic mass is 10.1. The molecule has 1 aromatic carbocycles. The first-order valence-corrected chi connectivity index (χ1v) is 5.59. The van der Waals surface area contributed by atoms with E-state index in [1.54, 1.807) is 18.2 Å². The molecule has 0 heterocycles. The van der Waals surface area contributed by atoms with Crippen LogP contribution in [0.25, 0.3) is 0 Å². The van der Waals surface area contributed by atoms with Gasteiger partial charge in [-0.1, -0.05) is 6.07 Å². The van der Waals surface area contributed by atoms with Crippen molar-refractivity contribution in [3.63, 3.8) is 0 Å². The van der Waals surface area contributed by atoms with Gasteiger partial charge in [0.05, 0.1) is 27.2 Å². The molecule has 7 heteroatoms. The molecule has 0 fully saturated rings. The van der Waals surface area contributed by atoms with Gasteiger partial charge in [-0.15, -0.1) is 0 Å². The molecule has 0 unspecified atom stereocenters. The smallest absolute Gasteiger partial charge is 0.252 e. The highest BCUT2D eigenvalue weighted by Gasteiger charge is 2.08. The number of hydrogen-bond donors (Lipinski definition) is 3. The van der Waals surface area contributed by atoms with Crippen LogP contribution >= 0.6 is 0 Å². The fraction of sp³-hybridized carbons (Fsp3) is 0.333. The Balaban J connectivity index is 2.61. The molecule has 7 nitrogen and oxygen atoms in total. The van der Waals surface area contributed by atoms with Gasteiger partial charge in [-0.2, -0.15) is 0 Å². The number of methoxy groups -OCH3 is 2. The van der Waals surface area contributed by atoms with E-state index in [9.17, 15) is 9.59 Å². The number of ether oxygens (including phenoxy) is 2. The Morgan fingerprint density at radius 2 is 1.74 bits per heavy atom. The zero-order valence-corrected chi connectivity index (χ0v) is 10.9. The van der Waals surface area contributed by atoms with Crippen molar-refractivity contribution in [2.24, 2.45) is 5.73 Å². The lowest BCUT2D eigenvalue weighted by Gasteiger charge is -2.10. The number of nitrogens with one attached hydrogen (secondary N) is 2. The van der Waals surface area contributed by atoms with Crippen molar-refractivity contribution in [1.29, 1.82) is 0 Å². The summed E-state index contributed by atoms with van der Waals surface area (Å²) < 4.78 is 10.2. The van der Waals surface area contributed by atoms with Crippen molar-refractivity contribution >= 4 is 11.8 Å². The van der Waals surface area contributed by atoms with E-state index < -0.39 is 5.91 Å². The van der Waals surface area contributed by atoms with Gasteiger partial charge in [0.15, 0.2) is 11.5 Å². The van der Waals surface area contributed by atoms with Crippen LogP contribution in [-0.2, 0) is 16.0 Å². The van der Waals surface area contributed by atoms with Gasteiger partial charge < -0.3 is 15.2 Å². The van der Waals surface area contributed by atoms with E-state index in [2.05, 4.69) is 10.9 Å². The summed E-state index contributed by atoms with van der Waals surface area (Å²) in [5.41, 5.74) is 10.3. The van der Waals surface area contributed by atoms with Crippen molar-refractivity contribution in [2.45, 2.75) is 6.42 Å². The van der Waals surface area contributed by atoms with Gasteiger partial charge in [-0.25, -0.2) is 0 Å². The van der Waals surface area contributed by atoms with Crippen molar-refractivity contribution in [2.75, 3.05) is 20.8 Å². The second-order valence-corrected chi connectivity index (χ2v) is 3.67. The molecule has 0 aliphatic heterocycles. The summed E-state index contributed by atoms with van der Waals surface area (Å²) in [5, 5.41) is 0. The number of benzene rings is 1. The molecule has 0 spiro atoms. The molecule has 0 radical (unpaired) electrons. The van der Waals surface area contributed by atoms with Gasteiger partial charge in [-0.05, 0) is 17.7 Å². The Kier molecular flexibility index (Phi) is 5.62. The van der Waals surface area contributed by atoms with Crippen LogP contribution in [0, 0.1) is 0 Å². The third-order valence-corrected chi connectivity index (χ3v) is 2.34. The van der Waals surface area contributed by atoms with Crippen LogP contribution in [0.5, 0.6) is 11.5 Å². The Hall–Kier alpha value is -2.28. The van der Waals surface area contributed by atoms with Crippen LogP contribution in [0.2, 0.25) is 0 Å². The van der Waals surface area contributed by atoms with Crippen molar-refractivity contribution in [1.82, 2.24) is 10.9 Å². The highest BCUT2D eigenvalue weighted by Crippen LogP contribution is 2.27. The average molecular weight is 267 g/mol. The summed E-state index contributed by atoms with van der Waals surface area (Å²) >= 11 is 0. The molecule has 0 bridgehead atoms. The molecule has 4 N–H and O–H groups in total. The molecule has 0 saturated heterocycles. The van der Waals surface area contributed by atoms with Gasteiger partial charge in [0.1, 0.15) is 0 Å². The van der Waals surface area contributed by atoms with E-state index in [-0.39, 0.29) is 18.9 Å². The Bertz CT molecular complexity index is 462. The average Bonchev–Trinajstić information content (AvgIpc) is 2.44. The summed E-state index contributed by atoms with van der Waals surface area (Å²) in [4.78, 5) is 22.4. The lowest BCUT2D eigenvalue weighted by Crippen LogP contribution is -2.45. The van der Waals surface area contributed by atoms with Crippen LogP contribution in [0.15, 0.2) is 18.2 Å². The maximum atomic E-state index is 11.5. The fourth-order valence-electron chi connectivity index (χ4n) is 1.41. The predicted molar refractivity (Wildman–Crippen MR) is 68.6 cm³/mol. The van der Waals surface area contributed by atoms with E-state index in [4.69, 9.17) is 15.2 Å². The van der Waals surface area contributed by atoms with Gasteiger partial charge in [0.25, 0.3) is 5.91 Å². The summed E-state index contributed by atoms with van der Waals surface area (Å²) in [6, 6.07) is 5.15. The highest BCUT2D eigenvalue weighted by molar-refractivity contribution is 5.84. The topological polar surface area (TPSA) is 103 Å². The van der Waals surface area contributed by atoms with Crippen molar-refractivity contribution in [3.05, 3.63) is 23.8 Å². The second-order valence-electron chi connectivity index (χ2n) is 3.67. The van der Waals surface area contributed by atoms with E-state index in [1.807, 2.05) is 0 Å². The number of hydrazine groups is 1. The number of carbonyl (C=O) groups is 2. The minimum absolute atomic E-state index is 0.102. The minimum atomic E-state index is -0.458. The summed E-state index contributed by atoms with van der Waals surface area (Å²) in [6.45, 7) is -0.184. The molecule has 0 saturated carbocycles. The molecular weight excluding hydrogens is 250 g/mol. The maximum Gasteiger partial charge on any atom is 0.252 e. The Morgan fingerprint density at radius 3 is 2.32 bits per heavy atom. The first-order chi connectivity index (χ1) is 9.10. The van der Waals surface area contributed by atoms with E-state index in [0.717, 1.165) is 5.56 Å². The summed E-state index contributed by atoms with van der Waals surface area (Å²) in [7, 11) is 3.05. The van der Waals surface area contributed by atoms with Crippen LogP contribution in [0.1, 0.15) is 5.56 Å². The van der Waals surface area contributed by atoms with Crippen LogP contribution in [-0.4, -0.2) is 32.6 Å². The molecule has 0 atom stereocenters. The number of rotatable bonds is 5. The van der Waals surface area contributed by atoms with Crippen LogP contribution in [0.4, 0.5) is 0 Å². The van der Waals surface area contributed by atoms with Gasteiger partial charge in [-0.3, -0.25) is 20.4 Å². The number of hydrogen-bond acceptors (Lipinski definition) is 5. The molecule has 0 aromatic heterocycles. The van der Waals surface area contributed by atoms with Crippen molar-refractivity contribution < 1.29 is 19.1 Å². The molecule has 1 aromatic rings. The Labute approximate surface area is 111 Å². The van der Waals surface area contributed by atoms with E-state index in [0.29, 0.717) is 11.5 Å². The second kappa shape index (κ2) is 7.22. The quantitative estimate of drug-likeness (QED) is 0.615. The normalized spacial score (nSPS) is 9.63. The van der Waals surface area contributed by atoms with E-state index in [1.165, 1.54) is 14.2 Å². The monoisotopic (exact) mass is 267 g/mol. The molecule has 0 aliphatic carbocycles. The minimum Gasteiger partial charge on any atom is -0.493 e. The van der Waals surface area contributed by atoms with Gasteiger partial charge in [0.2, 0.25) is 5.91 Å². The van der Waals surface area contributed by atoms with Crippen LogP contribution in [0.3, 0.4) is 0 Å². The molecule has 2 amide bonds. The standard InChI is InChI=1S/C12H17N3O4/c1-18-9-4-3-8(5-10(9)19-2)6-11(16)14-15-12(17)7-13/h3-5H,6-7,13H2,1-2H3,(H,14,16)(H,15,17). The largest absolute Gasteiger partial charge is 0.493 e. The molecule has 19 heavy (non-hydrogen) atoms. The maximum absolute atomic E-state index is 11.5. The first kappa shape index (κ1) is 14.8. The number of carbonyl (C=O) groups excluding carboxylic acids is 2. The summed E-state index contributed by atoms with van der Waals surface area (Å²) in [6.07, 6.45) is 0.102. The molecule has 1 rings (SSSR count). The lowest BCUT2D eigenvalue weighted by molar-refractivity contribution is -0.127. The Morgan fingerprint density at radius 1 is 1.11 bits per heavy atom. The van der Waals surface area contributed by atoms with Gasteiger partial charge >= 0.3 is 0 Å². The number of nitrogens with two attached hydrogens (primary N) is 1. The highest BCUT2D eigenvalue weighted by atomic mass is 16.5. The first-order valence-electron chi connectivity index (χ1n) is 5.59. The zero-order chi connectivity index (χ0) is 14.3. The fourth-order valence-corrected chi connectivity index (χ4v) is 1.41. The molecule has 104 valence electrons. The van der Waals surface area contributed by atoms with Crippen molar-refractivity contribution in [3.8, 4) is 11.5 Å². The number of amides is 2.